The second-order valence-electron chi connectivity index (χ2n) is 4.16. The highest BCUT2D eigenvalue weighted by Gasteiger charge is 2.04. The quantitative estimate of drug-likeness (QED) is 0.650. The Bertz CT molecular complexity index is 553. The predicted octanol–water partition coefficient (Wildman–Crippen LogP) is 2.58. The lowest BCUT2D eigenvalue weighted by Crippen LogP contribution is -2.24. The number of nitrogens with one attached hydrogen (secondary N) is 1. The third kappa shape index (κ3) is 4.06. The zero-order valence-electron chi connectivity index (χ0n) is 10.7. The molecule has 0 unspecified atom stereocenters. The molecule has 100 valence electrons. The molecule has 0 saturated carbocycles. The van der Waals surface area contributed by atoms with Crippen molar-refractivity contribution in [3.05, 3.63) is 47.9 Å². The fourth-order valence-corrected chi connectivity index (χ4v) is 2.36. The van der Waals surface area contributed by atoms with Gasteiger partial charge in [0.1, 0.15) is 5.76 Å². The molecule has 2 aromatic rings. The van der Waals surface area contributed by atoms with E-state index in [1.54, 1.807) is 12.3 Å². The number of carbonyl (C=O) groups is 1. The number of nitrogens with two attached hydrogens (primary N) is 1. The molecule has 5 heteroatoms. The lowest BCUT2D eigenvalue weighted by Gasteiger charge is -2.05. The van der Waals surface area contributed by atoms with Crippen molar-refractivity contribution in [3.63, 3.8) is 0 Å². The van der Waals surface area contributed by atoms with Crippen molar-refractivity contribution in [1.29, 1.82) is 0 Å². The summed E-state index contributed by atoms with van der Waals surface area (Å²) in [6.07, 6.45) is 1.59. The van der Waals surface area contributed by atoms with Crippen molar-refractivity contribution in [1.82, 2.24) is 5.32 Å². The monoisotopic (exact) mass is 276 g/mol. The van der Waals surface area contributed by atoms with E-state index < -0.39 is 0 Å². The van der Waals surface area contributed by atoms with E-state index in [4.69, 9.17) is 10.2 Å². The summed E-state index contributed by atoms with van der Waals surface area (Å²) in [6.45, 7) is 2.38. The predicted molar refractivity (Wildman–Crippen MR) is 76.9 cm³/mol. The van der Waals surface area contributed by atoms with E-state index in [1.807, 2.05) is 31.2 Å². The molecule has 1 amide bonds. The molecular weight excluding hydrogens is 260 g/mol. The normalized spacial score (nSPS) is 10.4. The highest BCUT2D eigenvalue weighted by atomic mass is 32.2. The van der Waals surface area contributed by atoms with Gasteiger partial charge in [-0.2, -0.15) is 0 Å². The number of benzene rings is 1. The largest absolute Gasteiger partial charge is 0.467 e. The Kier molecular flexibility index (Phi) is 4.52. The van der Waals surface area contributed by atoms with Gasteiger partial charge in [-0.15, -0.1) is 11.8 Å². The Balaban J connectivity index is 1.78. The van der Waals surface area contributed by atoms with Crippen LogP contribution in [0.2, 0.25) is 0 Å². The first-order valence-electron chi connectivity index (χ1n) is 5.93. The number of nitrogen functional groups attached to an aromatic ring is 1. The van der Waals surface area contributed by atoms with Crippen molar-refractivity contribution in [2.24, 2.45) is 0 Å². The van der Waals surface area contributed by atoms with Crippen LogP contribution in [0.5, 0.6) is 0 Å². The first kappa shape index (κ1) is 13.5. The molecule has 3 N–H and O–H groups in total. The average molecular weight is 276 g/mol. The Morgan fingerprint density at radius 2 is 2.26 bits per heavy atom. The van der Waals surface area contributed by atoms with E-state index in [-0.39, 0.29) is 5.91 Å². The van der Waals surface area contributed by atoms with Gasteiger partial charge < -0.3 is 15.5 Å². The highest BCUT2D eigenvalue weighted by molar-refractivity contribution is 8.00. The molecule has 19 heavy (non-hydrogen) atoms. The summed E-state index contributed by atoms with van der Waals surface area (Å²) in [5.74, 6) is 1.11. The number of carbonyl (C=O) groups excluding carboxylic acids is 1. The van der Waals surface area contributed by atoms with E-state index >= 15 is 0 Å². The van der Waals surface area contributed by atoms with Gasteiger partial charge in [0.15, 0.2) is 0 Å². The number of furan rings is 1. The maximum Gasteiger partial charge on any atom is 0.230 e. The zero-order chi connectivity index (χ0) is 13.7. The van der Waals surface area contributed by atoms with Gasteiger partial charge in [0, 0.05) is 10.6 Å². The van der Waals surface area contributed by atoms with E-state index in [0.717, 1.165) is 21.9 Å². The molecule has 0 spiro atoms. The molecule has 4 nitrogen and oxygen atoms in total. The second kappa shape index (κ2) is 6.33. The lowest BCUT2D eigenvalue weighted by atomic mass is 10.2. The Morgan fingerprint density at radius 1 is 1.42 bits per heavy atom. The van der Waals surface area contributed by atoms with Crippen LogP contribution in [-0.4, -0.2) is 11.7 Å². The molecule has 0 radical (unpaired) electrons. The second-order valence-corrected chi connectivity index (χ2v) is 5.21. The summed E-state index contributed by atoms with van der Waals surface area (Å²) < 4.78 is 5.14. The van der Waals surface area contributed by atoms with Gasteiger partial charge in [0.2, 0.25) is 5.91 Å². The van der Waals surface area contributed by atoms with E-state index in [9.17, 15) is 4.79 Å². The summed E-state index contributed by atoms with van der Waals surface area (Å²) in [5.41, 5.74) is 7.55. The Hall–Kier alpha value is -1.88. The standard InChI is InChI=1S/C14H16N2O2S/c1-10-7-12(4-5-13(10)15)19-9-14(17)16-8-11-3-2-6-18-11/h2-7H,8-9,15H2,1H3,(H,16,17). The minimum Gasteiger partial charge on any atom is -0.467 e. The maximum absolute atomic E-state index is 11.7. The summed E-state index contributed by atoms with van der Waals surface area (Å²) in [7, 11) is 0. The van der Waals surface area contributed by atoms with Crippen LogP contribution in [-0.2, 0) is 11.3 Å². The third-order valence-corrected chi connectivity index (χ3v) is 3.64. The SMILES string of the molecule is Cc1cc(SCC(=O)NCc2ccco2)ccc1N. The smallest absolute Gasteiger partial charge is 0.230 e. The fraction of sp³-hybridized carbons (Fsp3) is 0.214. The molecule has 0 aliphatic rings. The van der Waals surface area contributed by atoms with Crippen LogP contribution < -0.4 is 11.1 Å². The van der Waals surface area contributed by atoms with Crippen molar-refractivity contribution >= 4 is 23.4 Å². The summed E-state index contributed by atoms with van der Waals surface area (Å²) in [5, 5.41) is 2.80. The molecule has 0 bridgehead atoms. The maximum atomic E-state index is 11.7. The van der Waals surface area contributed by atoms with E-state index in [2.05, 4.69) is 5.32 Å². The summed E-state index contributed by atoms with van der Waals surface area (Å²) >= 11 is 1.49. The summed E-state index contributed by atoms with van der Waals surface area (Å²) in [6, 6.07) is 9.40. The molecule has 0 aliphatic carbocycles. The highest BCUT2D eigenvalue weighted by Crippen LogP contribution is 2.22. The molecule has 2 rings (SSSR count). The van der Waals surface area contributed by atoms with E-state index in [1.165, 1.54) is 11.8 Å². The Labute approximate surface area is 116 Å². The number of anilines is 1. The number of rotatable bonds is 5. The van der Waals surface area contributed by atoms with Gasteiger partial charge in [-0.3, -0.25) is 4.79 Å². The number of amides is 1. The molecule has 1 heterocycles. The molecular formula is C14H16N2O2S. The van der Waals surface area contributed by atoms with Gasteiger partial charge in [-0.25, -0.2) is 0 Å². The van der Waals surface area contributed by atoms with Crippen molar-refractivity contribution in [2.45, 2.75) is 18.4 Å². The minimum atomic E-state index is -0.0177. The first-order valence-corrected chi connectivity index (χ1v) is 6.92. The van der Waals surface area contributed by atoms with Crippen molar-refractivity contribution < 1.29 is 9.21 Å². The number of thioether (sulfide) groups is 1. The van der Waals surface area contributed by atoms with Crippen molar-refractivity contribution in [2.75, 3.05) is 11.5 Å². The molecule has 1 aromatic heterocycles. The Morgan fingerprint density at radius 3 is 2.95 bits per heavy atom. The van der Waals surface area contributed by atoms with Gasteiger partial charge in [-0.05, 0) is 42.8 Å². The number of hydrogen-bond donors (Lipinski definition) is 2. The van der Waals surface area contributed by atoms with E-state index in [0.29, 0.717) is 12.3 Å². The van der Waals surface area contributed by atoms with Crippen LogP contribution in [0, 0.1) is 6.92 Å². The first-order chi connectivity index (χ1) is 9.15. The molecule has 0 saturated heterocycles. The number of hydrogen-bond acceptors (Lipinski definition) is 4. The average Bonchev–Trinajstić information content (AvgIpc) is 2.91. The topological polar surface area (TPSA) is 68.3 Å². The molecule has 0 atom stereocenters. The molecule has 1 aromatic carbocycles. The van der Waals surface area contributed by atoms with Gasteiger partial charge in [-0.1, -0.05) is 0 Å². The number of aryl methyl sites for hydroxylation is 1. The summed E-state index contributed by atoms with van der Waals surface area (Å²) in [4.78, 5) is 12.7. The van der Waals surface area contributed by atoms with Crippen LogP contribution in [0.4, 0.5) is 5.69 Å². The van der Waals surface area contributed by atoms with Gasteiger partial charge in [0.25, 0.3) is 0 Å². The van der Waals surface area contributed by atoms with Crippen LogP contribution in [0.25, 0.3) is 0 Å². The van der Waals surface area contributed by atoms with Crippen LogP contribution in [0.1, 0.15) is 11.3 Å². The lowest BCUT2D eigenvalue weighted by molar-refractivity contribution is -0.118. The van der Waals surface area contributed by atoms with Crippen molar-refractivity contribution in [3.8, 4) is 0 Å². The van der Waals surface area contributed by atoms with Crippen LogP contribution >= 0.6 is 11.8 Å². The third-order valence-electron chi connectivity index (χ3n) is 2.65. The molecule has 0 aliphatic heterocycles. The fourth-order valence-electron chi connectivity index (χ4n) is 1.54. The minimum absolute atomic E-state index is 0.0177. The zero-order valence-corrected chi connectivity index (χ0v) is 11.5. The molecule has 0 fully saturated rings. The van der Waals surface area contributed by atoms with Crippen LogP contribution in [0.15, 0.2) is 45.9 Å². The van der Waals surface area contributed by atoms with Gasteiger partial charge >= 0.3 is 0 Å². The van der Waals surface area contributed by atoms with Gasteiger partial charge in [0.05, 0.1) is 18.6 Å². The van der Waals surface area contributed by atoms with Crippen LogP contribution in [0.3, 0.4) is 0 Å².